The SMILES string of the molecule is CCCCC1(N)N=CC(c2nc3ccc(F)cc3[nH]2)=C(Nc2ccccc2)N1. The van der Waals surface area contributed by atoms with Crippen molar-refractivity contribution in [3.05, 3.63) is 66.0 Å². The molecule has 1 aliphatic heterocycles. The lowest BCUT2D eigenvalue weighted by Crippen LogP contribution is -2.54. The molecule has 1 unspecified atom stereocenters. The molecule has 0 radical (unpaired) electrons. The third kappa shape index (κ3) is 3.75. The standard InChI is InChI=1S/C21H23FN6/c1-2-3-11-21(23)24-13-16(20(28-21)25-15-7-5-4-6-8-15)19-26-17-10-9-14(22)12-18(17)27-19/h4-10,12-13,25,28H,2-3,11,23H2,1H3,(H,26,27). The van der Waals surface area contributed by atoms with Gasteiger partial charge in [0.15, 0.2) is 5.79 Å². The molecule has 0 saturated carbocycles. The molecule has 1 aliphatic rings. The highest BCUT2D eigenvalue weighted by atomic mass is 19.1. The largest absolute Gasteiger partial charge is 0.341 e. The number of nitrogens with one attached hydrogen (secondary N) is 3. The molecule has 0 fully saturated rings. The molecule has 1 aromatic heterocycles. The maximum absolute atomic E-state index is 13.5. The molecule has 144 valence electrons. The van der Waals surface area contributed by atoms with Crippen molar-refractivity contribution in [2.75, 3.05) is 5.32 Å². The number of H-pyrrole nitrogens is 1. The number of benzene rings is 2. The summed E-state index contributed by atoms with van der Waals surface area (Å²) in [5, 5.41) is 6.71. The van der Waals surface area contributed by atoms with Crippen molar-refractivity contribution >= 4 is 28.5 Å². The Kier molecular flexibility index (Phi) is 4.83. The monoisotopic (exact) mass is 378 g/mol. The van der Waals surface area contributed by atoms with Crippen LogP contribution in [0.15, 0.2) is 59.3 Å². The normalized spacial score (nSPS) is 19.1. The van der Waals surface area contributed by atoms with E-state index in [1.165, 1.54) is 12.1 Å². The van der Waals surface area contributed by atoms with Gasteiger partial charge in [0.25, 0.3) is 0 Å². The molecule has 0 bridgehead atoms. The van der Waals surface area contributed by atoms with Gasteiger partial charge in [0.2, 0.25) is 0 Å². The fraction of sp³-hybridized carbons (Fsp3) is 0.238. The smallest absolute Gasteiger partial charge is 0.183 e. The minimum atomic E-state index is -0.880. The topological polar surface area (TPSA) is 91.1 Å². The number of hydrogen-bond donors (Lipinski definition) is 4. The van der Waals surface area contributed by atoms with E-state index in [4.69, 9.17) is 5.73 Å². The summed E-state index contributed by atoms with van der Waals surface area (Å²) in [5.74, 6) is 0.108. The van der Waals surface area contributed by atoms with Crippen molar-refractivity contribution in [1.82, 2.24) is 15.3 Å². The van der Waals surface area contributed by atoms with E-state index in [1.54, 1.807) is 12.3 Å². The zero-order chi connectivity index (χ0) is 19.6. The first-order valence-electron chi connectivity index (χ1n) is 9.40. The van der Waals surface area contributed by atoms with Gasteiger partial charge in [-0.3, -0.25) is 10.7 Å². The second-order valence-electron chi connectivity index (χ2n) is 6.94. The van der Waals surface area contributed by atoms with Gasteiger partial charge in [-0.2, -0.15) is 0 Å². The van der Waals surface area contributed by atoms with Crippen LogP contribution in [0.25, 0.3) is 16.6 Å². The summed E-state index contributed by atoms with van der Waals surface area (Å²) in [6.45, 7) is 2.12. The van der Waals surface area contributed by atoms with Crippen LogP contribution in [0.1, 0.15) is 32.0 Å². The molecular formula is C21H23FN6. The molecule has 4 rings (SSSR count). The zero-order valence-electron chi connectivity index (χ0n) is 15.7. The van der Waals surface area contributed by atoms with Gasteiger partial charge < -0.3 is 15.6 Å². The number of halogens is 1. The molecule has 3 aromatic rings. The minimum Gasteiger partial charge on any atom is -0.341 e. The van der Waals surface area contributed by atoms with Crippen LogP contribution in [0.3, 0.4) is 0 Å². The number of imidazole rings is 1. The Morgan fingerprint density at radius 2 is 2.00 bits per heavy atom. The van der Waals surface area contributed by atoms with Gasteiger partial charge in [-0.05, 0) is 36.8 Å². The van der Waals surface area contributed by atoms with E-state index >= 15 is 0 Å². The summed E-state index contributed by atoms with van der Waals surface area (Å²) < 4.78 is 13.5. The maximum atomic E-state index is 13.5. The Balaban J connectivity index is 1.74. The third-order valence-electron chi connectivity index (χ3n) is 4.69. The van der Waals surface area contributed by atoms with Crippen molar-refractivity contribution in [3.63, 3.8) is 0 Å². The number of aromatic amines is 1. The third-order valence-corrected chi connectivity index (χ3v) is 4.69. The molecule has 28 heavy (non-hydrogen) atoms. The average Bonchev–Trinajstić information content (AvgIpc) is 3.10. The van der Waals surface area contributed by atoms with Gasteiger partial charge in [0, 0.05) is 18.3 Å². The molecule has 2 heterocycles. The van der Waals surface area contributed by atoms with E-state index in [0.717, 1.165) is 24.1 Å². The van der Waals surface area contributed by atoms with Crippen LogP contribution in [0.4, 0.5) is 10.1 Å². The Morgan fingerprint density at radius 3 is 2.79 bits per heavy atom. The van der Waals surface area contributed by atoms with E-state index in [2.05, 4.69) is 32.5 Å². The molecule has 0 saturated heterocycles. The van der Waals surface area contributed by atoms with Crippen molar-refractivity contribution in [2.45, 2.75) is 32.0 Å². The Hall–Kier alpha value is -3.19. The first-order chi connectivity index (χ1) is 13.6. The molecular weight excluding hydrogens is 355 g/mol. The summed E-state index contributed by atoms with van der Waals surface area (Å²) in [6, 6.07) is 14.3. The van der Waals surface area contributed by atoms with Crippen molar-refractivity contribution in [1.29, 1.82) is 0 Å². The summed E-state index contributed by atoms with van der Waals surface area (Å²) in [5.41, 5.74) is 9.43. The second kappa shape index (κ2) is 7.44. The number of para-hydroxylation sites is 1. The number of unbranched alkanes of at least 4 members (excludes halogenated alkanes) is 1. The summed E-state index contributed by atoms with van der Waals surface area (Å²) in [6.07, 6.45) is 4.42. The van der Waals surface area contributed by atoms with Crippen molar-refractivity contribution in [2.24, 2.45) is 10.7 Å². The molecule has 0 spiro atoms. The summed E-state index contributed by atoms with van der Waals surface area (Å²) in [4.78, 5) is 12.3. The Bertz CT molecular complexity index is 1040. The average molecular weight is 378 g/mol. The molecule has 0 amide bonds. The van der Waals surface area contributed by atoms with Crippen molar-refractivity contribution in [3.8, 4) is 0 Å². The highest BCUT2D eigenvalue weighted by Crippen LogP contribution is 2.25. The predicted molar refractivity (Wildman–Crippen MR) is 111 cm³/mol. The lowest BCUT2D eigenvalue weighted by molar-refractivity contribution is 0.345. The predicted octanol–water partition coefficient (Wildman–Crippen LogP) is 3.96. The molecule has 6 nitrogen and oxygen atoms in total. The zero-order valence-corrected chi connectivity index (χ0v) is 15.7. The van der Waals surface area contributed by atoms with Crippen LogP contribution < -0.4 is 16.4 Å². The first kappa shape index (κ1) is 18.2. The number of allylic oxidation sites excluding steroid dienone is 1. The van der Waals surface area contributed by atoms with E-state index < -0.39 is 5.79 Å². The maximum Gasteiger partial charge on any atom is 0.183 e. The number of anilines is 1. The molecule has 1 atom stereocenters. The second-order valence-corrected chi connectivity index (χ2v) is 6.94. The molecule has 7 heteroatoms. The number of rotatable bonds is 6. The number of fused-ring (bicyclic) bond motifs is 1. The lowest BCUT2D eigenvalue weighted by Gasteiger charge is -2.33. The van der Waals surface area contributed by atoms with Gasteiger partial charge in [-0.1, -0.05) is 31.5 Å². The van der Waals surface area contributed by atoms with E-state index in [0.29, 0.717) is 29.1 Å². The number of aliphatic imine (C=N–C) groups is 1. The number of hydrogen-bond acceptors (Lipinski definition) is 5. The van der Waals surface area contributed by atoms with Gasteiger partial charge in [0.1, 0.15) is 17.5 Å². The molecule has 0 aliphatic carbocycles. The fourth-order valence-corrected chi connectivity index (χ4v) is 3.19. The number of aromatic nitrogens is 2. The van der Waals surface area contributed by atoms with Gasteiger partial charge >= 0.3 is 0 Å². The molecule has 2 aromatic carbocycles. The van der Waals surface area contributed by atoms with E-state index in [9.17, 15) is 4.39 Å². The minimum absolute atomic E-state index is 0.310. The number of nitrogens with two attached hydrogens (primary N) is 1. The molecule has 5 N–H and O–H groups in total. The van der Waals surface area contributed by atoms with Crippen LogP contribution in [-0.2, 0) is 0 Å². The van der Waals surface area contributed by atoms with Gasteiger partial charge in [0.05, 0.1) is 16.6 Å². The van der Waals surface area contributed by atoms with Gasteiger partial charge in [-0.15, -0.1) is 0 Å². The van der Waals surface area contributed by atoms with Crippen LogP contribution in [-0.4, -0.2) is 22.0 Å². The van der Waals surface area contributed by atoms with Crippen LogP contribution in [0.2, 0.25) is 0 Å². The Labute approximate surface area is 162 Å². The van der Waals surface area contributed by atoms with E-state index in [1.807, 2.05) is 30.3 Å². The van der Waals surface area contributed by atoms with Crippen LogP contribution in [0.5, 0.6) is 0 Å². The highest BCUT2D eigenvalue weighted by molar-refractivity contribution is 6.11. The summed E-state index contributed by atoms with van der Waals surface area (Å²) >= 11 is 0. The van der Waals surface area contributed by atoms with Crippen LogP contribution in [0, 0.1) is 5.82 Å². The van der Waals surface area contributed by atoms with Crippen LogP contribution >= 0.6 is 0 Å². The fourth-order valence-electron chi connectivity index (χ4n) is 3.19. The highest BCUT2D eigenvalue weighted by Gasteiger charge is 2.29. The lowest BCUT2D eigenvalue weighted by atomic mass is 10.1. The quantitative estimate of drug-likeness (QED) is 0.523. The number of nitrogens with zero attached hydrogens (tertiary/aromatic N) is 2. The van der Waals surface area contributed by atoms with E-state index in [-0.39, 0.29) is 5.82 Å². The van der Waals surface area contributed by atoms with Crippen molar-refractivity contribution < 1.29 is 4.39 Å². The first-order valence-corrected chi connectivity index (χ1v) is 9.40. The Morgan fingerprint density at radius 1 is 1.18 bits per heavy atom. The summed E-state index contributed by atoms with van der Waals surface area (Å²) in [7, 11) is 0. The van der Waals surface area contributed by atoms with Gasteiger partial charge in [-0.25, -0.2) is 9.37 Å².